The van der Waals surface area contributed by atoms with E-state index in [0.717, 1.165) is 25.7 Å². The molecule has 3 N–H and O–H groups in total. The number of halogens is 2. The van der Waals surface area contributed by atoms with Gasteiger partial charge in [-0.3, -0.25) is 9.59 Å². The van der Waals surface area contributed by atoms with Crippen molar-refractivity contribution in [3.8, 4) is 5.75 Å². The van der Waals surface area contributed by atoms with Crippen LogP contribution in [0.2, 0.25) is 10.0 Å². The molecule has 1 saturated carbocycles. The molecule has 1 aliphatic carbocycles. The molecule has 0 heterocycles. The van der Waals surface area contributed by atoms with E-state index in [2.05, 4.69) is 10.6 Å². The smallest absolute Gasteiger partial charge is 0.223 e. The molecule has 0 spiro atoms. The molecule has 1 fully saturated rings. The summed E-state index contributed by atoms with van der Waals surface area (Å²) >= 11 is 11.9. The zero-order chi connectivity index (χ0) is 19.6. The molecule has 0 bridgehead atoms. The van der Waals surface area contributed by atoms with E-state index in [1.165, 1.54) is 6.42 Å². The fraction of sp³-hybridized carbons (Fsp3) is 0.579. The van der Waals surface area contributed by atoms with Crippen molar-refractivity contribution in [1.82, 2.24) is 10.6 Å². The first-order valence-corrected chi connectivity index (χ1v) is 10.0. The minimum absolute atomic E-state index is 0.0290. The molecular formula is C19H26Cl2N2O4. The highest BCUT2D eigenvalue weighted by Gasteiger charge is 2.20. The first kappa shape index (κ1) is 21.8. The highest BCUT2D eigenvalue weighted by atomic mass is 35.5. The minimum atomic E-state index is -0.888. The second-order valence-corrected chi connectivity index (χ2v) is 7.48. The Morgan fingerprint density at radius 2 is 1.93 bits per heavy atom. The van der Waals surface area contributed by atoms with Gasteiger partial charge in [0.15, 0.2) is 0 Å². The van der Waals surface area contributed by atoms with Crippen LogP contribution in [-0.2, 0) is 9.59 Å². The molecule has 1 unspecified atom stereocenters. The summed E-state index contributed by atoms with van der Waals surface area (Å²) in [7, 11) is 0. The van der Waals surface area contributed by atoms with E-state index in [1.54, 1.807) is 18.2 Å². The molecule has 0 aromatic heterocycles. The average Bonchev–Trinajstić information content (AvgIpc) is 2.68. The van der Waals surface area contributed by atoms with Crippen LogP contribution in [-0.4, -0.2) is 42.7 Å². The van der Waals surface area contributed by atoms with Crippen LogP contribution in [0.15, 0.2) is 18.2 Å². The van der Waals surface area contributed by atoms with Gasteiger partial charge in [0.05, 0.1) is 5.02 Å². The Morgan fingerprint density at radius 1 is 1.19 bits per heavy atom. The van der Waals surface area contributed by atoms with Crippen molar-refractivity contribution >= 4 is 35.0 Å². The number of ether oxygens (including phenoxy) is 1. The van der Waals surface area contributed by atoms with Crippen molar-refractivity contribution in [3.05, 3.63) is 28.2 Å². The molecule has 2 rings (SSSR count). The topological polar surface area (TPSA) is 87.7 Å². The van der Waals surface area contributed by atoms with Crippen LogP contribution in [0.25, 0.3) is 0 Å². The lowest BCUT2D eigenvalue weighted by Crippen LogP contribution is -2.38. The number of hydrogen-bond donors (Lipinski definition) is 3. The Hall–Kier alpha value is -1.50. The van der Waals surface area contributed by atoms with Gasteiger partial charge in [0, 0.05) is 25.4 Å². The third kappa shape index (κ3) is 7.56. The van der Waals surface area contributed by atoms with E-state index in [-0.39, 0.29) is 42.3 Å². The molecule has 1 aromatic carbocycles. The molecule has 0 aliphatic heterocycles. The maximum Gasteiger partial charge on any atom is 0.223 e. The van der Waals surface area contributed by atoms with Crippen molar-refractivity contribution in [2.45, 2.75) is 44.6 Å². The molecule has 0 radical (unpaired) electrons. The van der Waals surface area contributed by atoms with Crippen LogP contribution in [0.4, 0.5) is 0 Å². The lowest BCUT2D eigenvalue weighted by Gasteiger charge is -2.20. The summed E-state index contributed by atoms with van der Waals surface area (Å²) in [6, 6.07) is 4.98. The molecule has 1 aliphatic rings. The number of carbonyl (C=O) groups excluding carboxylic acids is 2. The lowest BCUT2D eigenvalue weighted by atomic mass is 9.89. The summed E-state index contributed by atoms with van der Waals surface area (Å²) in [6.45, 7) is 0.318. The number of aliphatic hydroxyl groups excluding tert-OH is 1. The summed E-state index contributed by atoms with van der Waals surface area (Å²) in [5, 5.41) is 16.0. The summed E-state index contributed by atoms with van der Waals surface area (Å²) in [5.74, 6) is 0.257. The van der Waals surface area contributed by atoms with Crippen LogP contribution in [0.1, 0.15) is 38.5 Å². The van der Waals surface area contributed by atoms with Gasteiger partial charge in [0.2, 0.25) is 11.8 Å². The highest BCUT2D eigenvalue weighted by Crippen LogP contribution is 2.31. The molecular weight excluding hydrogens is 391 g/mol. The summed E-state index contributed by atoms with van der Waals surface area (Å²) < 4.78 is 5.42. The molecule has 1 aromatic rings. The average molecular weight is 417 g/mol. The van der Waals surface area contributed by atoms with E-state index in [1.807, 2.05) is 0 Å². The molecule has 2 amide bonds. The second-order valence-electron chi connectivity index (χ2n) is 6.70. The number of carbonyl (C=O) groups is 2. The zero-order valence-corrected chi connectivity index (χ0v) is 16.7. The van der Waals surface area contributed by atoms with Crippen molar-refractivity contribution in [3.63, 3.8) is 0 Å². The normalized spacial score (nSPS) is 15.8. The minimum Gasteiger partial charge on any atom is -0.489 e. The number of aliphatic hydroxyl groups is 1. The van der Waals surface area contributed by atoms with Crippen LogP contribution < -0.4 is 15.4 Å². The van der Waals surface area contributed by atoms with Crippen LogP contribution in [0.5, 0.6) is 5.75 Å². The molecule has 150 valence electrons. The van der Waals surface area contributed by atoms with Gasteiger partial charge in [-0.1, -0.05) is 48.5 Å². The SMILES string of the molecule is O=C(CCNC(=O)C1CCCCC1)NCC(O)COc1cccc(Cl)c1Cl. The van der Waals surface area contributed by atoms with Crippen molar-refractivity contribution in [2.24, 2.45) is 5.92 Å². The Kier molecular flexibility index (Phi) is 9.18. The van der Waals surface area contributed by atoms with Gasteiger partial charge in [0.1, 0.15) is 23.5 Å². The maximum atomic E-state index is 12.0. The Bertz CT molecular complexity index is 636. The lowest BCUT2D eigenvalue weighted by molar-refractivity contribution is -0.126. The van der Waals surface area contributed by atoms with E-state index in [0.29, 0.717) is 17.3 Å². The van der Waals surface area contributed by atoms with Gasteiger partial charge >= 0.3 is 0 Å². The van der Waals surface area contributed by atoms with E-state index >= 15 is 0 Å². The Balaban J connectivity index is 1.59. The largest absolute Gasteiger partial charge is 0.489 e. The van der Waals surface area contributed by atoms with E-state index in [9.17, 15) is 14.7 Å². The van der Waals surface area contributed by atoms with Crippen molar-refractivity contribution < 1.29 is 19.4 Å². The third-order valence-electron chi connectivity index (χ3n) is 4.51. The number of nitrogens with one attached hydrogen (secondary N) is 2. The van der Waals surface area contributed by atoms with Gasteiger partial charge in [0.25, 0.3) is 0 Å². The Labute approximate surface area is 169 Å². The zero-order valence-electron chi connectivity index (χ0n) is 15.2. The second kappa shape index (κ2) is 11.4. The predicted molar refractivity (Wildman–Crippen MR) is 105 cm³/mol. The molecule has 8 heteroatoms. The number of hydrogen-bond acceptors (Lipinski definition) is 4. The standard InChI is InChI=1S/C19H26Cl2N2O4/c20-15-7-4-8-16(18(15)21)27-12-14(24)11-23-17(25)9-10-22-19(26)13-5-2-1-3-6-13/h4,7-8,13-14,24H,1-3,5-6,9-12H2,(H,22,26)(H,23,25). The van der Waals surface area contributed by atoms with Gasteiger partial charge < -0.3 is 20.5 Å². The Morgan fingerprint density at radius 3 is 2.67 bits per heavy atom. The molecule has 0 saturated heterocycles. The van der Waals surface area contributed by atoms with Crippen molar-refractivity contribution in [1.29, 1.82) is 0 Å². The van der Waals surface area contributed by atoms with Crippen molar-refractivity contribution in [2.75, 3.05) is 19.7 Å². The number of benzene rings is 1. The van der Waals surface area contributed by atoms with Crippen LogP contribution in [0, 0.1) is 5.92 Å². The van der Waals surface area contributed by atoms with Gasteiger partial charge in [-0.05, 0) is 25.0 Å². The third-order valence-corrected chi connectivity index (χ3v) is 5.31. The van der Waals surface area contributed by atoms with Gasteiger partial charge in [-0.2, -0.15) is 0 Å². The quantitative estimate of drug-likeness (QED) is 0.577. The first-order valence-electron chi connectivity index (χ1n) is 9.26. The predicted octanol–water partition coefficient (Wildman–Crippen LogP) is 2.94. The summed E-state index contributed by atoms with van der Waals surface area (Å²) in [4.78, 5) is 23.8. The number of amides is 2. The van der Waals surface area contributed by atoms with Gasteiger partial charge in [-0.25, -0.2) is 0 Å². The monoisotopic (exact) mass is 416 g/mol. The van der Waals surface area contributed by atoms with Crippen LogP contribution in [0.3, 0.4) is 0 Å². The first-order chi connectivity index (χ1) is 13.0. The molecule has 6 nitrogen and oxygen atoms in total. The summed E-state index contributed by atoms with van der Waals surface area (Å²) in [5.41, 5.74) is 0. The molecule has 1 atom stereocenters. The molecule has 27 heavy (non-hydrogen) atoms. The fourth-order valence-electron chi connectivity index (χ4n) is 2.97. The van der Waals surface area contributed by atoms with E-state index in [4.69, 9.17) is 27.9 Å². The fourth-order valence-corrected chi connectivity index (χ4v) is 3.32. The van der Waals surface area contributed by atoms with Crippen LogP contribution >= 0.6 is 23.2 Å². The summed E-state index contributed by atoms with van der Waals surface area (Å²) in [6.07, 6.45) is 4.54. The highest BCUT2D eigenvalue weighted by molar-refractivity contribution is 6.42. The van der Waals surface area contributed by atoms with E-state index < -0.39 is 6.10 Å². The van der Waals surface area contributed by atoms with Gasteiger partial charge in [-0.15, -0.1) is 0 Å². The number of rotatable bonds is 9. The maximum absolute atomic E-state index is 12.0.